The molecule has 0 spiro atoms. The summed E-state index contributed by atoms with van der Waals surface area (Å²) in [5, 5.41) is 0. The van der Waals surface area contributed by atoms with Gasteiger partial charge >= 0.3 is 6.09 Å². The quantitative estimate of drug-likeness (QED) is 0.796. The molecule has 0 fully saturated rings. The maximum absolute atomic E-state index is 11.4. The van der Waals surface area contributed by atoms with Gasteiger partial charge in [0.05, 0.1) is 19.9 Å². The molecule has 0 aliphatic carbocycles. The molecule has 0 saturated heterocycles. The lowest BCUT2D eigenvalue weighted by Gasteiger charge is -2.16. The molecule has 0 atom stereocenters. The van der Waals surface area contributed by atoms with E-state index >= 15 is 0 Å². The van der Waals surface area contributed by atoms with Crippen molar-refractivity contribution in [1.29, 1.82) is 0 Å². The van der Waals surface area contributed by atoms with Crippen LogP contribution in [0, 0.1) is 0 Å². The topological polar surface area (TPSA) is 29.5 Å². The number of carbonyl (C=O) groups excluding carboxylic acids is 1. The molecule has 16 heavy (non-hydrogen) atoms. The zero-order valence-corrected chi connectivity index (χ0v) is 10.5. The SMILES string of the molecule is C=C=CN(Cc1ccccc1Br)C(=O)OC. The highest BCUT2D eigenvalue weighted by Gasteiger charge is 2.12. The summed E-state index contributed by atoms with van der Waals surface area (Å²) in [6.45, 7) is 3.85. The highest BCUT2D eigenvalue weighted by Crippen LogP contribution is 2.18. The molecule has 0 saturated carbocycles. The Morgan fingerprint density at radius 2 is 2.31 bits per heavy atom. The zero-order chi connectivity index (χ0) is 12.0. The van der Waals surface area contributed by atoms with E-state index < -0.39 is 6.09 Å². The number of hydrogen-bond acceptors (Lipinski definition) is 2. The number of benzene rings is 1. The number of halogens is 1. The molecule has 4 heteroatoms. The minimum absolute atomic E-state index is 0.413. The van der Waals surface area contributed by atoms with Crippen molar-refractivity contribution in [2.24, 2.45) is 0 Å². The molecule has 0 bridgehead atoms. The number of methoxy groups -OCH3 is 1. The van der Waals surface area contributed by atoms with Gasteiger partial charge in [0.2, 0.25) is 0 Å². The van der Waals surface area contributed by atoms with E-state index in [2.05, 4.69) is 33.0 Å². The molecule has 1 rings (SSSR count). The minimum Gasteiger partial charge on any atom is -0.452 e. The first-order valence-corrected chi connectivity index (χ1v) is 5.42. The molecule has 1 aromatic carbocycles. The van der Waals surface area contributed by atoms with Gasteiger partial charge in [0.15, 0.2) is 0 Å². The van der Waals surface area contributed by atoms with Crippen LogP contribution in [0.25, 0.3) is 0 Å². The van der Waals surface area contributed by atoms with Crippen molar-refractivity contribution >= 4 is 22.0 Å². The van der Waals surface area contributed by atoms with Crippen LogP contribution in [0.1, 0.15) is 5.56 Å². The number of amides is 1. The van der Waals surface area contributed by atoms with Crippen LogP contribution in [-0.4, -0.2) is 18.1 Å². The summed E-state index contributed by atoms with van der Waals surface area (Å²) < 4.78 is 5.60. The van der Waals surface area contributed by atoms with Crippen molar-refractivity contribution in [3.63, 3.8) is 0 Å². The van der Waals surface area contributed by atoms with Gasteiger partial charge in [-0.3, -0.25) is 4.90 Å². The summed E-state index contributed by atoms with van der Waals surface area (Å²) >= 11 is 3.42. The Morgan fingerprint density at radius 1 is 1.62 bits per heavy atom. The lowest BCUT2D eigenvalue weighted by atomic mass is 10.2. The van der Waals surface area contributed by atoms with E-state index in [-0.39, 0.29) is 0 Å². The molecule has 0 aromatic heterocycles. The van der Waals surface area contributed by atoms with Gasteiger partial charge in [-0.2, -0.15) is 0 Å². The van der Waals surface area contributed by atoms with Gasteiger partial charge in [-0.25, -0.2) is 4.79 Å². The minimum atomic E-state index is -0.438. The molecule has 0 aliphatic heterocycles. The van der Waals surface area contributed by atoms with Crippen molar-refractivity contribution < 1.29 is 9.53 Å². The molecule has 0 radical (unpaired) electrons. The highest BCUT2D eigenvalue weighted by molar-refractivity contribution is 9.10. The highest BCUT2D eigenvalue weighted by atomic mass is 79.9. The van der Waals surface area contributed by atoms with E-state index in [1.165, 1.54) is 18.2 Å². The predicted molar refractivity (Wildman–Crippen MR) is 65.8 cm³/mol. The van der Waals surface area contributed by atoms with Crippen molar-refractivity contribution in [2.45, 2.75) is 6.54 Å². The van der Waals surface area contributed by atoms with Gasteiger partial charge in [-0.15, -0.1) is 5.73 Å². The lowest BCUT2D eigenvalue weighted by molar-refractivity contribution is 0.138. The number of rotatable bonds is 3. The van der Waals surface area contributed by atoms with E-state index in [4.69, 9.17) is 0 Å². The van der Waals surface area contributed by atoms with Gasteiger partial charge in [-0.05, 0) is 11.6 Å². The first-order chi connectivity index (χ1) is 7.69. The van der Waals surface area contributed by atoms with Crippen LogP contribution in [0.3, 0.4) is 0 Å². The molecule has 84 valence electrons. The predicted octanol–water partition coefficient (Wildman–Crippen LogP) is 3.32. The smallest absolute Gasteiger partial charge is 0.414 e. The van der Waals surface area contributed by atoms with Crippen molar-refractivity contribution in [2.75, 3.05) is 7.11 Å². The van der Waals surface area contributed by atoms with Gasteiger partial charge in [0.1, 0.15) is 0 Å². The number of hydrogen-bond donors (Lipinski definition) is 0. The average Bonchev–Trinajstić information content (AvgIpc) is 2.30. The van der Waals surface area contributed by atoms with Crippen LogP contribution >= 0.6 is 15.9 Å². The molecule has 1 aromatic rings. The van der Waals surface area contributed by atoms with Crippen LogP contribution in [0.5, 0.6) is 0 Å². The van der Waals surface area contributed by atoms with Crippen molar-refractivity contribution in [3.8, 4) is 0 Å². The standard InChI is InChI=1S/C12H12BrNO2/c1-3-8-14(12(15)16-2)9-10-6-4-5-7-11(10)13/h4-8H,1,9H2,2H3. The van der Waals surface area contributed by atoms with Gasteiger partial charge in [-0.1, -0.05) is 40.7 Å². The Kier molecular flexibility index (Phi) is 4.83. The summed E-state index contributed by atoms with van der Waals surface area (Å²) in [6, 6.07) is 7.67. The molecule has 0 unspecified atom stereocenters. The number of nitrogens with zero attached hydrogens (tertiary/aromatic N) is 1. The first kappa shape index (κ1) is 12.6. The van der Waals surface area contributed by atoms with E-state index in [0.717, 1.165) is 10.0 Å². The Bertz CT molecular complexity index is 425. The Labute approximate surface area is 103 Å². The normalized spacial score (nSPS) is 9.12. The summed E-state index contributed by atoms with van der Waals surface area (Å²) in [7, 11) is 1.34. The fourth-order valence-corrected chi connectivity index (χ4v) is 1.61. The van der Waals surface area contributed by atoms with Crippen LogP contribution in [0.2, 0.25) is 0 Å². The van der Waals surface area contributed by atoms with Crippen LogP contribution in [0.4, 0.5) is 4.79 Å². The van der Waals surface area contributed by atoms with Gasteiger partial charge in [0, 0.05) is 4.47 Å². The van der Waals surface area contributed by atoms with Crippen LogP contribution in [-0.2, 0) is 11.3 Å². The summed E-state index contributed by atoms with van der Waals surface area (Å²) in [4.78, 5) is 12.8. The summed E-state index contributed by atoms with van der Waals surface area (Å²) in [6.07, 6.45) is 1.03. The molecular weight excluding hydrogens is 270 g/mol. The van der Waals surface area contributed by atoms with E-state index in [9.17, 15) is 4.79 Å². The van der Waals surface area contributed by atoms with Crippen molar-refractivity contribution in [1.82, 2.24) is 4.90 Å². The molecular formula is C12H12BrNO2. The average molecular weight is 282 g/mol. The second kappa shape index (κ2) is 6.16. The van der Waals surface area contributed by atoms with Crippen molar-refractivity contribution in [3.05, 3.63) is 52.8 Å². The molecule has 0 N–H and O–H groups in total. The fourth-order valence-electron chi connectivity index (χ4n) is 1.20. The maximum atomic E-state index is 11.4. The van der Waals surface area contributed by atoms with Gasteiger partial charge in [0.25, 0.3) is 0 Å². The number of carbonyl (C=O) groups is 1. The second-order valence-corrected chi connectivity index (χ2v) is 3.88. The Morgan fingerprint density at radius 3 is 2.88 bits per heavy atom. The summed E-state index contributed by atoms with van der Waals surface area (Å²) in [5.74, 6) is 0. The van der Waals surface area contributed by atoms with Crippen LogP contribution in [0.15, 0.2) is 47.2 Å². The first-order valence-electron chi connectivity index (χ1n) is 4.63. The van der Waals surface area contributed by atoms with Gasteiger partial charge < -0.3 is 4.74 Å². The second-order valence-electron chi connectivity index (χ2n) is 3.02. The third kappa shape index (κ3) is 3.26. The fraction of sp³-hybridized carbons (Fsp3) is 0.167. The van der Waals surface area contributed by atoms with E-state index in [1.807, 2.05) is 24.3 Å². The molecule has 0 aliphatic rings. The summed E-state index contributed by atoms with van der Waals surface area (Å²) in [5.41, 5.74) is 3.54. The van der Waals surface area contributed by atoms with Crippen LogP contribution < -0.4 is 0 Å². The molecule has 3 nitrogen and oxygen atoms in total. The lowest BCUT2D eigenvalue weighted by Crippen LogP contribution is -2.24. The Hall–Kier alpha value is -1.51. The molecule has 0 heterocycles. The largest absolute Gasteiger partial charge is 0.452 e. The third-order valence-corrected chi connectivity index (χ3v) is 2.73. The van der Waals surface area contributed by atoms with E-state index in [0.29, 0.717) is 6.54 Å². The molecule has 1 amide bonds. The monoisotopic (exact) mass is 281 g/mol. The third-order valence-electron chi connectivity index (χ3n) is 1.95. The zero-order valence-electron chi connectivity index (χ0n) is 8.94. The maximum Gasteiger partial charge on any atom is 0.414 e. The Balaban J connectivity index is 2.88. The van der Waals surface area contributed by atoms with E-state index in [1.54, 1.807) is 0 Å². The number of ether oxygens (including phenoxy) is 1.